The van der Waals surface area contributed by atoms with Gasteiger partial charge in [0.1, 0.15) is 0 Å². The predicted molar refractivity (Wildman–Crippen MR) is 66.6 cm³/mol. The second kappa shape index (κ2) is 5.77. The van der Waals surface area contributed by atoms with Gasteiger partial charge in [0.15, 0.2) is 0 Å². The van der Waals surface area contributed by atoms with E-state index in [0.29, 0.717) is 18.5 Å². The van der Waals surface area contributed by atoms with E-state index >= 15 is 0 Å². The van der Waals surface area contributed by atoms with Crippen LogP contribution in [0.1, 0.15) is 25.3 Å². The van der Waals surface area contributed by atoms with Crippen molar-refractivity contribution in [1.82, 2.24) is 15.6 Å². The normalized spacial score (nSPS) is 24.3. The van der Waals surface area contributed by atoms with Crippen LogP contribution in [0.15, 0.2) is 24.5 Å². The molecule has 4 heteroatoms. The Kier molecular flexibility index (Phi) is 4.09. The minimum atomic E-state index is 0.107. The van der Waals surface area contributed by atoms with E-state index in [-0.39, 0.29) is 5.91 Å². The van der Waals surface area contributed by atoms with E-state index in [1.54, 1.807) is 12.4 Å². The molecule has 1 aromatic rings. The number of carbonyl (C=O) groups is 1. The van der Waals surface area contributed by atoms with Crippen molar-refractivity contribution >= 4 is 5.91 Å². The van der Waals surface area contributed by atoms with Crippen molar-refractivity contribution in [3.8, 4) is 0 Å². The van der Waals surface area contributed by atoms with Crippen LogP contribution in [0.2, 0.25) is 0 Å². The van der Waals surface area contributed by atoms with Crippen molar-refractivity contribution in [2.75, 3.05) is 6.54 Å². The van der Waals surface area contributed by atoms with Crippen LogP contribution in [0.25, 0.3) is 0 Å². The van der Waals surface area contributed by atoms with Crippen LogP contribution < -0.4 is 10.6 Å². The Balaban J connectivity index is 1.81. The molecule has 1 amide bonds. The van der Waals surface area contributed by atoms with Crippen LogP contribution in [0.3, 0.4) is 0 Å². The third-order valence-electron chi connectivity index (χ3n) is 3.10. The van der Waals surface area contributed by atoms with Crippen molar-refractivity contribution in [3.63, 3.8) is 0 Å². The molecule has 1 aromatic heterocycles. The summed E-state index contributed by atoms with van der Waals surface area (Å²) in [5.41, 5.74) is 1.01. The number of hydrogen-bond donors (Lipinski definition) is 2. The average molecular weight is 233 g/mol. The largest absolute Gasteiger partial charge is 0.353 e. The maximum atomic E-state index is 11.8. The average Bonchev–Trinajstić information content (AvgIpc) is 2.30. The molecular formula is C13H19N3O. The molecule has 1 saturated heterocycles. The molecule has 2 heterocycles. The molecule has 2 rings (SSSR count). The van der Waals surface area contributed by atoms with Gasteiger partial charge in [-0.2, -0.15) is 0 Å². The molecular weight excluding hydrogens is 214 g/mol. The first-order valence-corrected chi connectivity index (χ1v) is 6.15. The first-order valence-electron chi connectivity index (χ1n) is 6.15. The predicted octanol–water partition coefficient (Wildman–Crippen LogP) is 0.881. The SMILES string of the molecule is CC1CC(NC(=O)Cc2ccncc2)CCN1. The summed E-state index contributed by atoms with van der Waals surface area (Å²) >= 11 is 0. The van der Waals surface area contributed by atoms with Crippen molar-refractivity contribution < 1.29 is 4.79 Å². The summed E-state index contributed by atoms with van der Waals surface area (Å²) in [5, 5.41) is 6.47. The number of hydrogen-bond acceptors (Lipinski definition) is 3. The van der Waals surface area contributed by atoms with Gasteiger partial charge in [-0.25, -0.2) is 0 Å². The van der Waals surface area contributed by atoms with Crippen LogP contribution in [-0.4, -0.2) is 29.5 Å². The molecule has 0 saturated carbocycles. The zero-order chi connectivity index (χ0) is 12.1. The molecule has 2 atom stereocenters. The molecule has 0 spiro atoms. The number of carbonyl (C=O) groups excluding carboxylic acids is 1. The fraction of sp³-hybridized carbons (Fsp3) is 0.538. The third-order valence-corrected chi connectivity index (χ3v) is 3.10. The highest BCUT2D eigenvalue weighted by Crippen LogP contribution is 2.08. The van der Waals surface area contributed by atoms with Gasteiger partial charge in [0, 0.05) is 24.5 Å². The van der Waals surface area contributed by atoms with Gasteiger partial charge < -0.3 is 10.6 Å². The van der Waals surface area contributed by atoms with Gasteiger partial charge in [-0.1, -0.05) is 0 Å². The second-order valence-corrected chi connectivity index (χ2v) is 4.68. The molecule has 0 bridgehead atoms. The summed E-state index contributed by atoms with van der Waals surface area (Å²) in [5.74, 6) is 0.107. The fourth-order valence-electron chi connectivity index (χ4n) is 2.23. The van der Waals surface area contributed by atoms with Gasteiger partial charge in [-0.3, -0.25) is 9.78 Å². The molecule has 1 aliphatic heterocycles. The standard InChI is InChI=1S/C13H19N3O/c1-10-8-12(4-7-15-10)16-13(17)9-11-2-5-14-6-3-11/h2-3,5-6,10,12,15H,4,7-9H2,1H3,(H,16,17). The summed E-state index contributed by atoms with van der Waals surface area (Å²) in [6, 6.07) is 4.57. The number of nitrogens with one attached hydrogen (secondary N) is 2. The topological polar surface area (TPSA) is 54.0 Å². The lowest BCUT2D eigenvalue weighted by Gasteiger charge is -2.28. The zero-order valence-corrected chi connectivity index (χ0v) is 10.1. The highest BCUT2D eigenvalue weighted by atomic mass is 16.1. The molecule has 17 heavy (non-hydrogen) atoms. The van der Waals surface area contributed by atoms with Gasteiger partial charge in [0.2, 0.25) is 5.91 Å². The molecule has 1 aliphatic rings. The molecule has 0 aliphatic carbocycles. The van der Waals surface area contributed by atoms with E-state index in [9.17, 15) is 4.79 Å². The first-order chi connectivity index (χ1) is 8.24. The molecule has 2 unspecified atom stereocenters. The van der Waals surface area contributed by atoms with E-state index < -0.39 is 0 Å². The van der Waals surface area contributed by atoms with Crippen LogP contribution >= 0.6 is 0 Å². The van der Waals surface area contributed by atoms with Crippen LogP contribution in [0.5, 0.6) is 0 Å². The number of nitrogens with zero attached hydrogens (tertiary/aromatic N) is 1. The lowest BCUT2D eigenvalue weighted by molar-refractivity contribution is -0.121. The summed E-state index contributed by atoms with van der Waals surface area (Å²) in [7, 11) is 0. The Bertz CT molecular complexity index is 366. The Morgan fingerprint density at radius 3 is 3.00 bits per heavy atom. The highest BCUT2D eigenvalue weighted by molar-refractivity contribution is 5.78. The van der Waals surface area contributed by atoms with Gasteiger partial charge in [-0.15, -0.1) is 0 Å². The summed E-state index contributed by atoms with van der Waals surface area (Å²) < 4.78 is 0. The maximum absolute atomic E-state index is 11.8. The van der Waals surface area contributed by atoms with Gasteiger partial charge in [0.25, 0.3) is 0 Å². The van der Waals surface area contributed by atoms with Gasteiger partial charge in [0.05, 0.1) is 6.42 Å². The van der Waals surface area contributed by atoms with Crippen molar-refractivity contribution in [1.29, 1.82) is 0 Å². The van der Waals surface area contributed by atoms with Gasteiger partial charge in [-0.05, 0) is 44.0 Å². The van der Waals surface area contributed by atoms with E-state index in [1.807, 2.05) is 12.1 Å². The summed E-state index contributed by atoms with van der Waals surface area (Å²) in [6.07, 6.45) is 5.92. The lowest BCUT2D eigenvalue weighted by Crippen LogP contribution is -2.46. The number of rotatable bonds is 3. The first kappa shape index (κ1) is 12.0. The van der Waals surface area contributed by atoms with E-state index in [0.717, 1.165) is 24.9 Å². The van der Waals surface area contributed by atoms with Crippen LogP contribution in [-0.2, 0) is 11.2 Å². The molecule has 92 valence electrons. The smallest absolute Gasteiger partial charge is 0.224 e. The molecule has 1 fully saturated rings. The Morgan fingerprint density at radius 2 is 2.29 bits per heavy atom. The Morgan fingerprint density at radius 1 is 1.53 bits per heavy atom. The molecule has 0 radical (unpaired) electrons. The van der Waals surface area contributed by atoms with Crippen molar-refractivity contribution in [3.05, 3.63) is 30.1 Å². The molecule has 4 nitrogen and oxygen atoms in total. The molecule has 0 aromatic carbocycles. The highest BCUT2D eigenvalue weighted by Gasteiger charge is 2.19. The number of aromatic nitrogens is 1. The van der Waals surface area contributed by atoms with Crippen LogP contribution in [0.4, 0.5) is 0 Å². The minimum Gasteiger partial charge on any atom is -0.353 e. The maximum Gasteiger partial charge on any atom is 0.224 e. The summed E-state index contributed by atoms with van der Waals surface area (Å²) in [6.45, 7) is 3.14. The number of amides is 1. The quantitative estimate of drug-likeness (QED) is 0.815. The lowest BCUT2D eigenvalue weighted by atomic mass is 10.0. The number of piperidine rings is 1. The number of pyridine rings is 1. The van der Waals surface area contributed by atoms with E-state index in [2.05, 4.69) is 22.5 Å². The van der Waals surface area contributed by atoms with Crippen LogP contribution in [0, 0.1) is 0 Å². The van der Waals surface area contributed by atoms with Crippen molar-refractivity contribution in [2.24, 2.45) is 0 Å². The Labute approximate surface area is 102 Å². The Hall–Kier alpha value is -1.42. The monoisotopic (exact) mass is 233 g/mol. The second-order valence-electron chi connectivity index (χ2n) is 4.68. The zero-order valence-electron chi connectivity index (χ0n) is 10.1. The fourth-order valence-corrected chi connectivity index (χ4v) is 2.23. The minimum absolute atomic E-state index is 0.107. The third kappa shape index (κ3) is 3.82. The molecule has 2 N–H and O–H groups in total. The van der Waals surface area contributed by atoms with Gasteiger partial charge >= 0.3 is 0 Å². The summed E-state index contributed by atoms with van der Waals surface area (Å²) in [4.78, 5) is 15.8. The van der Waals surface area contributed by atoms with E-state index in [4.69, 9.17) is 0 Å². The van der Waals surface area contributed by atoms with Crippen molar-refractivity contribution in [2.45, 2.75) is 38.3 Å². The van der Waals surface area contributed by atoms with E-state index in [1.165, 1.54) is 0 Å².